The predicted molar refractivity (Wildman–Crippen MR) is 108 cm³/mol. The van der Waals surface area contributed by atoms with Crippen LogP contribution in [0.25, 0.3) is 0 Å². The highest BCUT2D eigenvalue weighted by Crippen LogP contribution is 2.17. The first-order chi connectivity index (χ1) is 13.2. The quantitative estimate of drug-likeness (QED) is 0.561. The summed E-state index contributed by atoms with van der Waals surface area (Å²) < 4.78 is 10.8. The summed E-state index contributed by atoms with van der Waals surface area (Å²) in [5.41, 5.74) is 2.51. The van der Waals surface area contributed by atoms with Gasteiger partial charge in [-0.15, -0.1) is 0 Å². The van der Waals surface area contributed by atoms with Crippen molar-refractivity contribution in [3.05, 3.63) is 71.9 Å². The van der Waals surface area contributed by atoms with E-state index in [1.165, 1.54) is 11.1 Å². The summed E-state index contributed by atoms with van der Waals surface area (Å²) in [5.74, 6) is 2.96. The Morgan fingerprint density at radius 3 is 2.48 bits per heavy atom. The molecule has 3 rings (SSSR count). The van der Waals surface area contributed by atoms with Crippen molar-refractivity contribution in [2.24, 2.45) is 0 Å². The molecule has 2 N–H and O–H groups in total. The molecule has 3 aromatic rings. The molecule has 0 unspecified atom stereocenters. The van der Waals surface area contributed by atoms with E-state index in [0.29, 0.717) is 19.1 Å². The largest absolute Gasteiger partial charge is 0.497 e. The van der Waals surface area contributed by atoms with Gasteiger partial charge >= 0.3 is 0 Å². The first kappa shape index (κ1) is 18.5. The minimum absolute atomic E-state index is 0.510. The number of hydrogen-bond acceptors (Lipinski definition) is 6. The van der Waals surface area contributed by atoms with E-state index in [4.69, 9.17) is 9.47 Å². The molecule has 0 saturated heterocycles. The van der Waals surface area contributed by atoms with Gasteiger partial charge in [0, 0.05) is 12.7 Å². The van der Waals surface area contributed by atoms with E-state index in [0.717, 1.165) is 23.9 Å². The number of nitrogens with one attached hydrogen (secondary N) is 2. The van der Waals surface area contributed by atoms with Gasteiger partial charge in [0.2, 0.25) is 5.95 Å². The standard InChI is InChI=1S/C21H24N4O2/c1-16-5-3-4-6-17(16)15-24-20-11-12-22-21(25-20)23-13-14-27-19-9-7-18(26-2)8-10-19/h3-12H,13-15H2,1-2H3,(H2,22,23,24,25). The first-order valence-electron chi connectivity index (χ1n) is 8.87. The topological polar surface area (TPSA) is 68.3 Å². The molecule has 0 fully saturated rings. The number of hydrogen-bond donors (Lipinski definition) is 2. The Morgan fingerprint density at radius 2 is 1.70 bits per heavy atom. The van der Waals surface area contributed by atoms with E-state index in [2.05, 4.69) is 39.7 Å². The number of anilines is 2. The van der Waals surface area contributed by atoms with Gasteiger partial charge in [-0.2, -0.15) is 4.98 Å². The summed E-state index contributed by atoms with van der Waals surface area (Å²) >= 11 is 0. The lowest BCUT2D eigenvalue weighted by molar-refractivity contribution is 0.331. The number of aryl methyl sites for hydroxylation is 1. The van der Waals surface area contributed by atoms with E-state index in [1.807, 2.05) is 42.5 Å². The second-order valence-corrected chi connectivity index (χ2v) is 6.00. The minimum Gasteiger partial charge on any atom is -0.497 e. The molecule has 27 heavy (non-hydrogen) atoms. The van der Waals surface area contributed by atoms with Crippen molar-refractivity contribution in [3.63, 3.8) is 0 Å². The van der Waals surface area contributed by atoms with E-state index >= 15 is 0 Å². The van der Waals surface area contributed by atoms with Gasteiger partial charge in [-0.25, -0.2) is 4.98 Å². The molecule has 6 nitrogen and oxygen atoms in total. The highest BCUT2D eigenvalue weighted by atomic mass is 16.5. The molecule has 0 amide bonds. The average Bonchev–Trinajstić information content (AvgIpc) is 2.71. The molecule has 1 heterocycles. The SMILES string of the molecule is COc1ccc(OCCNc2nccc(NCc3ccccc3C)n2)cc1. The van der Waals surface area contributed by atoms with Gasteiger partial charge in [-0.05, 0) is 48.4 Å². The van der Waals surface area contributed by atoms with Crippen molar-refractivity contribution in [2.45, 2.75) is 13.5 Å². The maximum atomic E-state index is 5.69. The number of rotatable bonds is 9. The number of aromatic nitrogens is 2. The van der Waals surface area contributed by atoms with Crippen LogP contribution in [0.4, 0.5) is 11.8 Å². The van der Waals surface area contributed by atoms with Crippen LogP contribution in [0.1, 0.15) is 11.1 Å². The van der Waals surface area contributed by atoms with Gasteiger partial charge < -0.3 is 20.1 Å². The summed E-state index contributed by atoms with van der Waals surface area (Å²) in [6.45, 7) is 3.94. The Bertz CT molecular complexity index is 853. The number of benzene rings is 2. The Hall–Kier alpha value is -3.28. The van der Waals surface area contributed by atoms with Gasteiger partial charge in [0.1, 0.15) is 23.9 Å². The molecule has 1 aromatic heterocycles. The van der Waals surface area contributed by atoms with Crippen LogP contribution in [0.5, 0.6) is 11.5 Å². The third kappa shape index (κ3) is 5.60. The molecule has 0 saturated carbocycles. The number of ether oxygens (including phenoxy) is 2. The Morgan fingerprint density at radius 1 is 0.926 bits per heavy atom. The van der Waals surface area contributed by atoms with Crippen LogP contribution in [0.3, 0.4) is 0 Å². The summed E-state index contributed by atoms with van der Waals surface area (Å²) in [5, 5.41) is 6.51. The first-order valence-corrected chi connectivity index (χ1v) is 8.87. The zero-order valence-corrected chi connectivity index (χ0v) is 15.6. The molecular weight excluding hydrogens is 340 g/mol. The highest BCUT2D eigenvalue weighted by Gasteiger charge is 2.01. The van der Waals surface area contributed by atoms with Crippen molar-refractivity contribution >= 4 is 11.8 Å². The van der Waals surface area contributed by atoms with E-state index in [9.17, 15) is 0 Å². The normalized spacial score (nSPS) is 10.3. The molecule has 0 radical (unpaired) electrons. The van der Waals surface area contributed by atoms with Crippen LogP contribution in [0.2, 0.25) is 0 Å². The van der Waals surface area contributed by atoms with E-state index in [-0.39, 0.29) is 0 Å². The van der Waals surface area contributed by atoms with Gasteiger partial charge in [0.25, 0.3) is 0 Å². The molecule has 0 aliphatic heterocycles. The van der Waals surface area contributed by atoms with Crippen molar-refractivity contribution in [3.8, 4) is 11.5 Å². The third-order valence-electron chi connectivity index (χ3n) is 4.09. The van der Waals surface area contributed by atoms with Crippen LogP contribution < -0.4 is 20.1 Å². The van der Waals surface area contributed by atoms with Gasteiger partial charge in [-0.1, -0.05) is 24.3 Å². The Balaban J connectivity index is 1.45. The molecular formula is C21H24N4O2. The smallest absolute Gasteiger partial charge is 0.224 e. The van der Waals surface area contributed by atoms with Crippen LogP contribution in [0.15, 0.2) is 60.8 Å². The van der Waals surface area contributed by atoms with Gasteiger partial charge in [0.05, 0.1) is 13.7 Å². The second-order valence-electron chi connectivity index (χ2n) is 6.00. The minimum atomic E-state index is 0.510. The van der Waals surface area contributed by atoms with Crippen molar-refractivity contribution in [2.75, 3.05) is 30.9 Å². The van der Waals surface area contributed by atoms with Gasteiger partial charge in [-0.3, -0.25) is 0 Å². The molecule has 0 spiro atoms. The van der Waals surface area contributed by atoms with Crippen molar-refractivity contribution in [1.82, 2.24) is 9.97 Å². The summed E-state index contributed by atoms with van der Waals surface area (Å²) in [6.07, 6.45) is 1.74. The maximum Gasteiger partial charge on any atom is 0.224 e. The zero-order valence-electron chi connectivity index (χ0n) is 15.6. The van der Waals surface area contributed by atoms with E-state index in [1.54, 1.807) is 13.3 Å². The molecule has 0 aliphatic carbocycles. The van der Waals surface area contributed by atoms with Crippen molar-refractivity contribution in [1.29, 1.82) is 0 Å². The van der Waals surface area contributed by atoms with Crippen LogP contribution in [-0.2, 0) is 6.54 Å². The zero-order chi connectivity index (χ0) is 18.9. The predicted octanol–water partition coefficient (Wildman–Crippen LogP) is 3.90. The number of nitrogens with zero attached hydrogens (tertiary/aromatic N) is 2. The molecule has 2 aromatic carbocycles. The fourth-order valence-electron chi connectivity index (χ4n) is 2.54. The van der Waals surface area contributed by atoms with E-state index < -0.39 is 0 Å². The maximum absolute atomic E-state index is 5.69. The summed E-state index contributed by atoms with van der Waals surface area (Å²) in [6, 6.07) is 17.7. The van der Waals surface area contributed by atoms with Gasteiger partial charge in [0.15, 0.2) is 0 Å². The lowest BCUT2D eigenvalue weighted by atomic mass is 10.1. The Labute approximate surface area is 159 Å². The summed E-state index contributed by atoms with van der Waals surface area (Å²) in [7, 11) is 1.64. The third-order valence-corrected chi connectivity index (χ3v) is 4.09. The molecule has 140 valence electrons. The fourth-order valence-corrected chi connectivity index (χ4v) is 2.54. The molecule has 0 bridgehead atoms. The lowest BCUT2D eigenvalue weighted by Crippen LogP contribution is -2.14. The lowest BCUT2D eigenvalue weighted by Gasteiger charge is -2.10. The monoisotopic (exact) mass is 364 g/mol. The molecule has 6 heteroatoms. The molecule has 0 aliphatic rings. The second kappa shape index (κ2) is 9.43. The summed E-state index contributed by atoms with van der Waals surface area (Å²) in [4.78, 5) is 8.72. The van der Waals surface area contributed by atoms with Crippen LogP contribution >= 0.6 is 0 Å². The number of methoxy groups -OCH3 is 1. The average molecular weight is 364 g/mol. The highest BCUT2D eigenvalue weighted by molar-refractivity contribution is 5.41. The van der Waals surface area contributed by atoms with Crippen molar-refractivity contribution < 1.29 is 9.47 Å². The van der Waals surface area contributed by atoms with Crippen LogP contribution in [-0.4, -0.2) is 30.2 Å². The molecule has 0 atom stereocenters. The van der Waals surface area contributed by atoms with Crippen LogP contribution in [0, 0.1) is 6.92 Å². The fraction of sp³-hybridized carbons (Fsp3) is 0.238. The Kier molecular flexibility index (Phi) is 6.46.